The highest BCUT2D eigenvalue weighted by Gasteiger charge is 2.35. The molecule has 3 aromatic rings. The van der Waals surface area contributed by atoms with Crippen molar-refractivity contribution in [3.05, 3.63) is 36.5 Å². The standard InChI is InChI=1S/C17H16F3N5OS/c18-17(19,20)10-21-14(26)13-7-4-8-24(13)16-23-25-9-12(22-15(25)27-16)11-5-2-1-3-6-11/h1-3,5-6,9,13H,4,7-8,10H2,(H,21,26)/t13-/m0/s1. The first-order valence-electron chi connectivity index (χ1n) is 8.43. The maximum atomic E-state index is 12.3. The van der Waals surface area contributed by atoms with Gasteiger partial charge in [-0.15, -0.1) is 5.10 Å². The smallest absolute Gasteiger partial charge is 0.345 e. The minimum atomic E-state index is -4.42. The maximum absolute atomic E-state index is 12.3. The molecule has 0 radical (unpaired) electrons. The Hall–Kier alpha value is -2.62. The van der Waals surface area contributed by atoms with E-state index in [0.29, 0.717) is 23.1 Å². The SMILES string of the molecule is O=C(NCC(F)(F)F)[C@@H]1CCCN1c1nn2cc(-c3ccccc3)nc2s1. The van der Waals surface area contributed by atoms with Crippen molar-refractivity contribution in [2.24, 2.45) is 0 Å². The molecule has 3 heterocycles. The van der Waals surface area contributed by atoms with Gasteiger partial charge in [0, 0.05) is 12.1 Å². The second kappa shape index (κ2) is 6.84. The highest BCUT2D eigenvalue weighted by Crippen LogP contribution is 2.31. The van der Waals surface area contributed by atoms with Crippen molar-refractivity contribution < 1.29 is 18.0 Å². The Kier molecular flexibility index (Phi) is 4.50. The van der Waals surface area contributed by atoms with E-state index in [4.69, 9.17) is 0 Å². The lowest BCUT2D eigenvalue weighted by atomic mass is 10.2. The molecule has 1 aromatic carbocycles. The molecule has 142 valence electrons. The molecule has 0 spiro atoms. The molecule has 1 atom stereocenters. The van der Waals surface area contributed by atoms with E-state index in [1.165, 1.54) is 11.3 Å². The second-order valence-corrected chi connectivity index (χ2v) is 7.22. The summed E-state index contributed by atoms with van der Waals surface area (Å²) in [4.78, 5) is 19.2. The number of aromatic nitrogens is 3. The number of hydrogen-bond donors (Lipinski definition) is 1. The van der Waals surface area contributed by atoms with Gasteiger partial charge in [-0.2, -0.15) is 13.2 Å². The minimum absolute atomic E-state index is 0.501. The Balaban J connectivity index is 1.53. The van der Waals surface area contributed by atoms with Crippen LogP contribution in [0.2, 0.25) is 0 Å². The lowest BCUT2D eigenvalue weighted by Crippen LogP contribution is -2.46. The van der Waals surface area contributed by atoms with Gasteiger partial charge in [0.25, 0.3) is 0 Å². The predicted octanol–water partition coefficient (Wildman–Crippen LogP) is 3.11. The van der Waals surface area contributed by atoms with Crippen molar-refractivity contribution in [2.45, 2.75) is 25.1 Å². The first kappa shape index (κ1) is 17.8. The Morgan fingerprint density at radius 1 is 1.30 bits per heavy atom. The van der Waals surface area contributed by atoms with E-state index in [2.05, 4.69) is 10.1 Å². The molecule has 0 unspecified atom stereocenters. The van der Waals surface area contributed by atoms with Crippen LogP contribution in [0.15, 0.2) is 36.5 Å². The summed E-state index contributed by atoms with van der Waals surface area (Å²) in [5, 5.41) is 7.04. The van der Waals surface area contributed by atoms with Crippen LogP contribution in [0.1, 0.15) is 12.8 Å². The number of nitrogens with one attached hydrogen (secondary N) is 1. The fourth-order valence-corrected chi connectivity index (χ4v) is 4.09. The van der Waals surface area contributed by atoms with Crippen LogP contribution in [0.25, 0.3) is 16.2 Å². The summed E-state index contributed by atoms with van der Waals surface area (Å²) in [6.45, 7) is -0.746. The number of halogens is 3. The van der Waals surface area contributed by atoms with E-state index < -0.39 is 24.7 Å². The lowest BCUT2D eigenvalue weighted by Gasteiger charge is -2.22. The van der Waals surface area contributed by atoms with Gasteiger partial charge in [0.1, 0.15) is 12.6 Å². The second-order valence-electron chi connectivity index (χ2n) is 6.29. The monoisotopic (exact) mass is 395 g/mol. The number of imidazole rings is 1. The molecule has 1 aliphatic rings. The Labute approximate surface area is 156 Å². The fourth-order valence-electron chi connectivity index (χ4n) is 3.13. The average molecular weight is 395 g/mol. The number of amides is 1. The highest BCUT2D eigenvalue weighted by molar-refractivity contribution is 7.20. The normalized spacial score (nSPS) is 17.6. The molecule has 2 aromatic heterocycles. The number of nitrogens with zero attached hydrogens (tertiary/aromatic N) is 4. The van der Waals surface area contributed by atoms with Gasteiger partial charge in [0.05, 0.1) is 11.9 Å². The summed E-state index contributed by atoms with van der Waals surface area (Å²) in [6.07, 6.45) is -1.39. The van der Waals surface area contributed by atoms with E-state index in [1.54, 1.807) is 15.6 Å². The van der Waals surface area contributed by atoms with Crippen LogP contribution in [0, 0.1) is 0 Å². The van der Waals surface area contributed by atoms with Gasteiger partial charge in [-0.25, -0.2) is 9.50 Å². The van der Waals surface area contributed by atoms with Crippen molar-refractivity contribution in [3.63, 3.8) is 0 Å². The summed E-state index contributed by atoms with van der Waals surface area (Å²) < 4.78 is 38.7. The molecule has 1 aliphatic heterocycles. The van der Waals surface area contributed by atoms with Crippen molar-refractivity contribution in [1.82, 2.24) is 19.9 Å². The van der Waals surface area contributed by atoms with Crippen LogP contribution in [0.4, 0.5) is 18.3 Å². The fraction of sp³-hybridized carbons (Fsp3) is 0.353. The van der Waals surface area contributed by atoms with Crippen molar-refractivity contribution in [3.8, 4) is 11.3 Å². The molecule has 0 bridgehead atoms. The van der Waals surface area contributed by atoms with Crippen LogP contribution >= 0.6 is 11.3 Å². The number of benzene rings is 1. The molecular formula is C17H16F3N5OS. The molecule has 1 amide bonds. The van der Waals surface area contributed by atoms with Gasteiger partial charge in [0.15, 0.2) is 0 Å². The molecule has 0 saturated carbocycles. The molecule has 10 heteroatoms. The van der Waals surface area contributed by atoms with E-state index in [-0.39, 0.29) is 0 Å². The largest absolute Gasteiger partial charge is 0.405 e. The summed E-state index contributed by atoms with van der Waals surface area (Å²) in [7, 11) is 0. The lowest BCUT2D eigenvalue weighted by molar-refractivity contribution is -0.139. The first-order valence-corrected chi connectivity index (χ1v) is 9.25. The third-order valence-electron chi connectivity index (χ3n) is 4.37. The van der Waals surface area contributed by atoms with Crippen molar-refractivity contribution >= 4 is 27.3 Å². The Morgan fingerprint density at radius 2 is 2.07 bits per heavy atom. The topological polar surface area (TPSA) is 62.5 Å². The number of rotatable bonds is 4. The molecular weight excluding hydrogens is 379 g/mol. The number of hydrogen-bond acceptors (Lipinski definition) is 5. The third kappa shape index (κ3) is 3.75. The zero-order chi connectivity index (χ0) is 19.0. The number of anilines is 1. The van der Waals surface area contributed by atoms with Gasteiger partial charge in [0.2, 0.25) is 16.0 Å². The Bertz CT molecular complexity index is 921. The molecule has 1 saturated heterocycles. The number of alkyl halides is 3. The highest BCUT2D eigenvalue weighted by atomic mass is 32.1. The minimum Gasteiger partial charge on any atom is -0.345 e. The van der Waals surface area contributed by atoms with E-state index in [9.17, 15) is 18.0 Å². The molecule has 1 N–H and O–H groups in total. The zero-order valence-electron chi connectivity index (χ0n) is 14.1. The van der Waals surface area contributed by atoms with Crippen LogP contribution < -0.4 is 10.2 Å². The number of carbonyl (C=O) groups is 1. The van der Waals surface area contributed by atoms with Gasteiger partial charge in [-0.05, 0) is 12.8 Å². The van der Waals surface area contributed by atoms with Crippen molar-refractivity contribution in [2.75, 3.05) is 18.0 Å². The third-order valence-corrected chi connectivity index (χ3v) is 5.33. The van der Waals surface area contributed by atoms with Gasteiger partial charge in [-0.1, -0.05) is 41.7 Å². The van der Waals surface area contributed by atoms with Gasteiger partial charge < -0.3 is 10.2 Å². The van der Waals surface area contributed by atoms with Gasteiger partial charge >= 0.3 is 6.18 Å². The molecule has 1 fully saturated rings. The summed E-state index contributed by atoms with van der Waals surface area (Å²) >= 11 is 1.32. The van der Waals surface area contributed by atoms with Crippen LogP contribution in [-0.4, -0.2) is 45.8 Å². The van der Waals surface area contributed by atoms with E-state index in [0.717, 1.165) is 17.7 Å². The molecule has 6 nitrogen and oxygen atoms in total. The summed E-state index contributed by atoms with van der Waals surface area (Å²) in [5.41, 5.74) is 1.77. The number of fused-ring (bicyclic) bond motifs is 1. The Morgan fingerprint density at radius 3 is 2.78 bits per heavy atom. The molecule has 27 heavy (non-hydrogen) atoms. The van der Waals surface area contributed by atoms with Crippen LogP contribution in [0.3, 0.4) is 0 Å². The number of carbonyl (C=O) groups excluding carboxylic acids is 1. The quantitative estimate of drug-likeness (QED) is 0.738. The molecule has 0 aliphatic carbocycles. The predicted molar refractivity (Wildman–Crippen MR) is 95.7 cm³/mol. The van der Waals surface area contributed by atoms with Gasteiger partial charge in [-0.3, -0.25) is 4.79 Å². The van der Waals surface area contributed by atoms with E-state index in [1.807, 2.05) is 35.6 Å². The summed E-state index contributed by atoms with van der Waals surface area (Å²) in [6, 6.07) is 9.04. The van der Waals surface area contributed by atoms with Crippen LogP contribution in [-0.2, 0) is 4.79 Å². The van der Waals surface area contributed by atoms with E-state index >= 15 is 0 Å². The van der Waals surface area contributed by atoms with Crippen molar-refractivity contribution in [1.29, 1.82) is 0 Å². The maximum Gasteiger partial charge on any atom is 0.405 e. The molecule has 4 rings (SSSR count). The average Bonchev–Trinajstić information content (AvgIpc) is 3.33. The zero-order valence-corrected chi connectivity index (χ0v) is 14.9. The summed E-state index contributed by atoms with van der Waals surface area (Å²) in [5.74, 6) is -0.623. The van der Waals surface area contributed by atoms with Crippen LogP contribution in [0.5, 0.6) is 0 Å². The first-order chi connectivity index (χ1) is 12.9.